The first-order chi connectivity index (χ1) is 8.97. The van der Waals surface area contributed by atoms with E-state index in [-0.39, 0.29) is 5.56 Å². The van der Waals surface area contributed by atoms with Gasteiger partial charge in [0, 0.05) is 18.8 Å². The highest BCUT2D eigenvalue weighted by Gasteiger charge is 2.24. The summed E-state index contributed by atoms with van der Waals surface area (Å²) >= 11 is 0. The number of likely N-dealkylation sites (tertiary alicyclic amines) is 1. The minimum absolute atomic E-state index is 0.111. The molecule has 2 atom stereocenters. The molecule has 1 saturated heterocycles. The molecule has 6 heteroatoms. The first-order valence-electron chi connectivity index (χ1n) is 6.41. The second kappa shape index (κ2) is 5.44. The van der Waals surface area contributed by atoms with Crippen LogP contribution in [-0.4, -0.2) is 47.1 Å². The fourth-order valence-electron chi connectivity index (χ4n) is 2.46. The average molecular weight is 264 g/mol. The molecule has 6 nitrogen and oxygen atoms in total. The highest BCUT2D eigenvalue weighted by Crippen LogP contribution is 2.23. The molecule has 2 unspecified atom stereocenters. The van der Waals surface area contributed by atoms with Crippen LogP contribution >= 0.6 is 0 Å². The van der Waals surface area contributed by atoms with Crippen molar-refractivity contribution in [3.63, 3.8) is 0 Å². The summed E-state index contributed by atoms with van der Waals surface area (Å²) in [7, 11) is 2.11. The Morgan fingerprint density at radius 1 is 1.63 bits per heavy atom. The van der Waals surface area contributed by atoms with Crippen LogP contribution in [0.25, 0.3) is 0 Å². The third kappa shape index (κ3) is 3.14. The van der Waals surface area contributed by atoms with Gasteiger partial charge in [0.2, 0.25) is 0 Å². The summed E-state index contributed by atoms with van der Waals surface area (Å²) in [4.78, 5) is 17.2. The van der Waals surface area contributed by atoms with Gasteiger partial charge in [-0.1, -0.05) is 6.92 Å². The Balaban J connectivity index is 2.09. The zero-order chi connectivity index (χ0) is 14.0. The number of nitrogens with one attached hydrogen (secondary N) is 1. The maximum atomic E-state index is 10.8. The number of aromatic carboxylic acids is 1. The number of carbonyl (C=O) groups is 1. The molecule has 4 N–H and O–H groups in total. The molecule has 1 aliphatic rings. The summed E-state index contributed by atoms with van der Waals surface area (Å²) in [5, 5.41) is 12.2. The minimum Gasteiger partial charge on any atom is -0.478 e. The van der Waals surface area contributed by atoms with Crippen LogP contribution < -0.4 is 11.1 Å². The quantitative estimate of drug-likeness (QED) is 0.757. The van der Waals surface area contributed by atoms with Crippen LogP contribution in [0.1, 0.15) is 23.7 Å². The second-order valence-electron chi connectivity index (χ2n) is 5.25. The molecule has 2 heterocycles. The summed E-state index contributed by atoms with van der Waals surface area (Å²) in [6.45, 7) is 4.26. The third-order valence-electron chi connectivity index (χ3n) is 3.59. The number of nitrogens with two attached hydrogens (primary N) is 1. The SMILES string of the molecule is CC1CN(C)CCC1Nc1ncc(C(=O)O)cc1N. The molecule has 1 aromatic rings. The van der Waals surface area contributed by atoms with Gasteiger partial charge in [0.05, 0.1) is 11.3 Å². The third-order valence-corrected chi connectivity index (χ3v) is 3.59. The van der Waals surface area contributed by atoms with Gasteiger partial charge in [0.25, 0.3) is 0 Å². The Morgan fingerprint density at radius 2 is 2.37 bits per heavy atom. The summed E-state index contributed by atoms with van der Waals surface area (Å²) in [5.74, 6) is 0.0592. The van der Waals surface area contributed by atoms with Gasteiger partial charge in [-0.25, -0.2) is 9.78 Å². The van der Waals surface area contributed by atoms with Gasteiger partial charge in [-0.2, -0.15) is 0 Å². The fourth-order valence-corrected chi connectivity index (χ4v) is 2.46. The predicted octanol–water partition coefficient (Wildman–Crippen LogP) is 1.11. The Labute approximate surface area is 112 Å². The van der Waals surface area contributed by atoms with Gasteiger partial charge in [-0.05, 0) is 32.0 Å². The summed E-state index contributed by atoms with van der Waals surface area (Å²) in [6.07, 6.45) is 2.36. The number of nitrogen functional groups attached to an aromatic ring is 1. The first-order valence-corrected chi connectivity index (χ1v) is 6.41. The summed E-state index contributed by atoms with van der Waals surface area (Å²) in [6, 6.07) is 1.76. The standard InChI is InChI=1S/C13H20N4O2/c1-8-7-17(2)4-3-11(8)16-12-10(14)5-9(6-15-12)13(18)19/h5-6,8,11H,3-4,7,14H2,1-2H3,(H,15,16)(H,18,19). The van der Waals surface area contributed by atoms with Gasteiger partial charge in [0.1, 0.15) is 5.82 Å². The lowest BCUT2D eigenvalue weighted by Gasteiger charge is -2.35. The fraction of sp³-hybridized carbons (Fsp3) is 0.538. The normalized spacial score (nSPS) is 24.1. The van der Waals surface area contributed by atoms with Crippen molar-refractivity contribution in [3.8, 4) is 0 Å². The maximum Gasteiger partial charge on any atom is 0.337 e. The van der Waals surface area contributed by atoms with Gasteiger partial charge in [-0.3, -0.25) is 0 Å². The molecule has 104 valence electrons. The van der Waals surface area contributed by atoms with Gasteiger partial charge >= 0.3 is 5.97 Å². The Kier molecular flexibility index (Phi) is 3.90. The van der Waals surface area contributed by atoms with Crippen LogP contribution in [0.3, 0.4) is 0 Å². The van der Waals surface area contributed by atoms with Crippen molar-refractivity contribution in [2.45, 2.75) is 19.4 Å². The molecule has 1 aromatic heterocycles. The first kappa shape index (κ1) is 13.6. The van der Waals surface area contributed by atoms with E-state index in [0.717, 1.165) is 19.5 Å². The average Bonchev–Trinajstić information content (AvgIpc) is 2.34. The van der Waals surface area contributed by atoms with Crippen LogP contribution in [-0.2, 0) is 0 Å². The molecule has 1 fully saturated rings. The van der Waals surface area contributed by atoms with E-state index in [1.54, 1.807) is 0 Å². The van der Waals surface area contributed by atoms with E-state index >= 15 is 0 Å². The number of piperidine rings is 1. The second-order valence-corrected chi connectivity index (χ2v) is 5.25. The van der Waals surface area contributed by atoms with E-state index in [1.807, 2.05) is 0 Å². The van der Waals surface area contributed by atoms with Crippen molar-refractivity contribution in [1.82, 2.24) is 9.88 Å². The molecule has 1 aliphatic heterocycles. The van der Waals surface area contributed by atoms with Crippen molar-refractivity contribution in [2.24, 2.45) is 5.92 Å². The predicted molar refractivity (Wildman–Crippen MR) is 74.3 cm³/mol. The highest BCUT2D eigenvalue weighted by atomic mass is 16.4. The van der Waals surface area contributed by atoms with Crippen molar-refractivity contribution < 1.29 is 9.90 Å². The van der Waals surface area contributed by atoms with Crippen LogP contribution in [0.2, 0.25) is 0 Å². The molecule has 0 radical (unpaired) electrons. The Bertz CT molecular complexity index is 478. The van der Waals surface area contributed by atoms with E-state index in [9.17, 15) is 4.79 Å². The molecule has 2 rings (SSSR count). The topological polar surface area (TPSA) is 91.5 Å². The molecule has 19 heavy (non-hydrogen) atoms. The van der Waals surface area contributed by atoms with Crippen molar-refractivity contribution in [1.29, 1.82) is 0 Å². The molecule has 0 saturated carbocycles. The van der Waals surface area contributed by atoms with Gasteiger partial charge in [-0.15, -0.1) is 0 Å². The molecule has 0 aromatic carbocycles. The smallest absolute Gasteiger partial charge is 0.337 e. The number of hydrogen-bond donors (Lipinski definition) is 3. The van der Waals surface area contributed by atoms with E-state index in [0.29, 0.717) is 23.5 Å². The minimum atomic E-state index is -1.02. The molecular formula is C13H20N4O2. The van der Waals surface area contributed by atoms with E-state index in [2.05, 4.69) is 29.2 Å². The van der Waals surface area contributed by atoms with Gasteiger partial charge in [0.15, 0.2) is 0 Å². The number of carboxylic acid groups (broad SMARTS) is 1. The van der Waals surface area contributed by atoms with Crippen molar-refractivity contribution >= 4 is 17.5 Å². The van der Waals surface area contributed by atoms with Crippen LogP contribution in [0.15, 0.2) is 12.3 Å². The summed E-state index contributed by atoms with van der Waals surface area (Å²) < 4.78 is 0. The van der Waals surface area contributed by atoms with Gasteiger partial charge < -0.3 is 21.1 Å². The van der Waals surface area contributed by atoms with Crippen LogP contribution in [0.4, 0.5) is 11.5 Å². The largest absolute Gasteiger partial charge is 0.478 e. The lowest BCUT2D eigenvalue weighted by atomic mass is 9.94. The van der Waals surface area contributed by atoms with Crippen molar-refractivity contribution in [2.75, 3.05) is 31.2 Å². The number of hydrogen-bond acceptors (Lipinski definition) is 5. The number of pyridine rings is 1. The maximum absolute atomic E-state index is 10.8. The lowest BCUT2D eigenvalue weighted by molar-refractivity contribution is 0.0696. The number of nitrogens with zero attached hydrogens (tertiary/aromatic N) is 2. The number of anilines is 2. The Morgan fingerprint density at radius 3 is 2.95 bits per heavy atom. The molecule has 0 spiro atoms. The monoisotopic (exact) mass is 264 g/mol. The highest BCUT2D eigenvalue weighted by molar-refractivity contribution is 5.89. The molecule has 0 bridgehead atoms. The molecule has 0 aliphatic carbocycles. The van der Waals surface area contributed by atoms with Crippen molar-refractivity contribution in [3.05, 3.63) is 17.8 Å². The summed E-state index contributed by atoms with van der Waals surface area (Å²) in [5.41, 5.74) is 6.34. The zero-order valence-electron chi connectivity index (χ0n) is 11.3. The number of aromatic nitrogens is 1. The molecule has 0 amide bonds. The van der Waals surface area contributed by atoms with Crippen LogP contribution in [0, 0.1) is 5.92 Å². The lowest BCUT2D eigenvalue weighted by Crippen LogP contribution is -2.43. The van der Waals surface area contributed by atoms with Crippen LogP contribution in [0.5, 0.6) is 0 Å². The van der Waals surface area contributed by atoms with E-state index in [1.165, 1.54) is 12.3 Å². The Hall–Kier alpha value is -1.82. The number of rotatable bonds is 3. The zero-order valence-corrected chi connectivity index (χ0v) is 11.3. The van der Waals surface area contributed by atoms with E-state index < -0.39 is 5.97 Å². The number of carboxylic acids is 1. The van der Waals surface area contributed by atoms with E-state index in [4.69, 9.17) is 10.8 Å². The molecular weight excluding hydrogens is 244 g/mol.